The first-order valence-corrected chi connectivity index (χ1v) is 8.75. The molecule has 1 atom stereocenters. The van der Waals surface area contributed by atoms with Crippen LogP contribution >= 0.6 is 0 Å². The van der Waals surface area contributed by atoms with Gasteiger partial charge in [0.15, 0.2) is 5.92 Å². The Morgan fingerprint density at radius 2 is 1.59 bits per heavy atom. The molecule has 0 saturated carbocycles. The first-order chi connectivity index (χ1) is 13.1. The molecule has 0 aromatic heterocycles. The maximum Gasteiger partial charge on any atom is 0.322 e. The lowest BCUT2D eigenvalue weighted by Crippen LogP contribution is -2.45. The van der Waals surface area contributed by atoms with E-state index in [2.05, 4.69) is 0 Å². The molecule has 1 heterocycles. The molecule has 0 saturated heterocycles. The molecule has 2 aromatic carbocycles. The van der Waals surface area contributed by atoms with Crippen molar-refractivity contribution in [3.8, 4) is 5.75 Å². The molecule has 0 amide bonds. The fourth-order valence-electron chi connectivity index (χ4n) is 3.70. The van der Waals surface area contributed by atoms with Crippen LogP contribution in [0.3, 0.4) is 0 Å². The summed E-state index contributed by atoms with van der Waals surface area (Å²) in [7, 11) is 4.16. The van der Waals surface area contributed by atoms with Crippen LogP contribution < -0.4 is 9.64 Å². The summed E-state index contributed by atoms with van der Waals surface area (Å²) in [5, 5.41) is 0. The number of carbonyl (C=O) groups excluding carboxylic acids is 2. The van der Waals surface area contributed by atoms with Gasteiger partial charge in [-0.3, -0.25) is 9.59 Å². The van der Waals surface area contributed by atoms with Gasteiger partial charge in [-0.1, -0.05) is 36.4 Å². The summed E-state index contributed by atoms with van der Waals surface area (Å²) >= 11 is 0. The van der Waals surface area contributed by atoms with E-state index in [-0.39, 0.29) is 0 Å². The van der Waals surface area contributed by atoms with Crippen LogP contribution in [0.15, 0.2) is 48.5 Å². The normalized spacial score (nSPS) is 15.9. The van der Waals surface area contributed by atoms with E-state index in [1.165, 1.54) is 14.2 Å². The Morgan fingerprint density at radius 3 is 2.26 bits per heavy atom. The number of nitrogens with zero attached hydrogens (tertiary/aromatic N) is 1. The molecule has 0 radical (unpaired) electrons. The molecule has 142 valence electrons. The third kappa shape index (κ3) is 3.47. The van der Waals surface area contributed by atoms with Crippen molar-refractivity contribution in [2.24, 2.45) is 5.92 Å². The number of carbonyl (C=O) groups is 2. The van der Waals surface area contributed by atoms with Crippen LogP contribution in [0.5, 0.6) is 5.75 Å². The van der Waals surface area contributed by atoms with Crippen LogP contribution in [0.2, 0.25) is 0 Å². The molecule has 2 aromatic rings. The number of hydrogen-bond acceptors (Lipinski definition) is 6. The molecule has 1 aliphatic heterocycles. The lowest BCUT2D eigenvalue weighted by Gasteiger charge is -2.41. The average molecular weight is 369 g/mol. The number of ether oxygens (including phenoxy) is 3. The smallest absolute Gasteiger partial charge is 0.322 e. The Kier molecular flexibility index (Phi) is 5.64. The lowest BCUT2D eigenvalue weighted by molar-refractivity contribution is -0.160. The highest BCUT2D eigenvalue weighted by Crippen LogP contribution is 2.42. The Bertz CT molecular complexity index is 819. The van der Waals surface area contributed by atoms with E-state index >= 15 is 0 Å². The zero-order chi connectivity index (χ0) is 19.4. The monoisotopic (exact) mass is 369 g/mol. The van der Waals surface area contributed by atoms with Gasteiger partial charge < -0.3 is 19.1 Å². The second kappa shape index (κ2) is 8.12. The van der Waals surface area contributed by atoms with E-state index in [4.69, 9.17) is 14.2 Å². The Hall–Kier alpha value is -3.02. The number of para-hydroxylation sites is 2. The minimum atomic E-state index is -1.11. The van der Waals surface area contributed by atoms with E-state index in [9.17, 15) is 9.59 Å². The zero-order valence-electron chi connectivity index (χ0n) is 15.7. The summed E-state index contributed by atoms with van der Waals surface area (Å²) in [6.07, 6.45) is 0.791. The van der Waals surface area contributed by atoms with E-state index in [1.54, 1.807) is 7.11 Å². The number of methoxy groups -OCH3 is 3. The fraction of sp³-hybridized carbons (Fsp3) is 0.333. The van der Waals surface area contributed by atoms with Crippen molar-refractivity contribution >= 4 is 17.6 Å². The second-order valence-corrected chi connectivity index (χ2v) is 6.28. The second-order valence-electron chi connectivity index (χ2n) is 6.28. The number of fused-ring (bicyclic) bond motifs is 1. The molecule has 0 fully saturated rings. The van der Waals surface area contributed by atoms with Gasteiger partial charge in [0.25, 0.3) is 0 Å². The van der Waals surface area contributed by atoms with Crippen LogP contribution in [-0.4, -0.2) is 39.8 Å². The SMILES string of the molecule is COC(=O)C(C(=O)OC)C1c2ccccc2CCN1c1ccccc1OC. The molecular formula is C21H23NO5. The van der Waals surface area contributed by atoms with E-state index in [0.717, 1.165) is 23.2 Å². The Morgan fingerprint density at radius 1 is 0.963 bits per heavy atom. The summed E-state index contributed by atoms with van der Waals surface area (Å²) in [6.45, 7) is 0.631. The summed E-state index contributed by atoms with van der Waals surface area (Å²) in [5.74, 6) is -1.67. The van der Waals surface area contributed by atoms with Gasteiger partial charge >= 0.3 is 11.9 Å². The van der Waals surface area contributed by atoms with Crippen molar-refractivity contribution in [1.29, 1.82) is 0 Å². The molecule has 0 aliphatic carbocycles. The largest absolute Gasteiger partial charge is 0.495 e. The maximum atomic E-state index is 12.6. The molecule has 6 heteroatoms. The van der Waals surface area contributed by atoms with Crippen LogP contribution in [0.1, 0.15) is 17.2 Å². The molecule has 3 rings (SSSR count). The molecule has 27 heavy (non-hydrogen) atoms. The van der Waals surface area contributed by atoms with Crippen molar-refractivity contribution in [1.82, 2.24) is 0 Å². The van der Waals surface area contributed by atoms with Crippen LogP contribution in [0, 0.1) is 5.92 Å². The van der Waals surface area contributed by atoms with Gasteiger partial charge in [0.2, 0.25) is 0 Å². The lowest BCUT2D eigenvalue weighted by atomic mass is 9.84. The summed E-state index contributed by atoms with van der Waals surface area (Å²) in [5.41, 5.74) is 2.83. The molecule has 1 unspecified atom stereocenters. The van der Waals surface area contributed by atoms with Crippen molar-refractivity contribution in [2.75, 3.05) is 32.8 Å². The van der Waals surface area contributed by atoms with Gasteiger partial charge in [0.05, 0.1) is 33.1 Å². The number of benzene rings is 2. The van der Waals surface area contributed by atoms with Crippen molar-refractivity contribution in [2.45, 2.75) is 12.5 Å². The molecule has 0 spiro atoms. The van der Waals surface area contributed by atoms with Gasteiger partial charge in [0, 0.05) is 6.54 Å². The summed E-state index contributed by atoms with van der Waals surface area (Å²) < 4.78 is 15.4. The van der Waals surface area contributed by atoms with Crippen LogP contribution in [-0.2, 0) is 25.5 Å². The molecule has 1 aliphatic rings. The van der Waals surface area contributed by atoms with Gasteiger partial charge in [-0.25, -0.2) is 0 Å². The highest BCUT2D eigenvalue weighted by molar-refractivity contribution is 5.96. The van der Waals surface area contributed by atoms with Gasteiger partial charge in [0.1, 0.15) is 5.75 Å². The number of rotatable bonds is 5. The number of esters is 2. The Labute approximate surface area is 158 Å². The van der Waals surface area contributed by atoms with Crippen molar-refractivity contribution in [3.63, 3.8) is 0 Å². The highest BCUT2D eigenvalue weighted by atomic mass is 16.5. The number of hydrogen-bond donors (Lipinski definition) is 0. The average Bonchev–Trinajstić information content (AvgIpc) is 2.73. The van der Waals surface area contributed by atoms with Gasteiger partial charge in [-0.05, 0) is 29.7 Å². The highest BCUT2D eigenvalue weighted by Gasteiger charge is 2.44. The maximum absolute atomic E-state index is 12.6. The third-order valence-corrected chi connectivity index (χ3v) is 4.95. The quantitative estimate of drug-likeness (QED) is 0.596. The predicted molar refractivity (Wildman–Crippen MR) is 101 cm³/mol. The third-order valence-electron chi connectivity index (χ3n) is 4.95. The van der Waals surface area contributed by atoms with Crippen molar-refractivity contribution < 1.29 is 23.8 Å². The van der Waals surface area contributed by atoms with E-state index < -0.39 is 23.9 Å². The van der Waals surface area contributed by atoms with E-state index in [1.807, 2.05) is 53.4 Å². The first kappa shape index (κ1) is 18.8. The Balaban J connectivity index is 2.18. The summed E-state index contributed by atoms with van der Waals surface area (Å²) in [4.78, 5) is 27.2. The molecule has 0 N–H and O–H groups in total. The minimum Gasteiger partial charge on any atom is -0.495 e. The molecule has 0 bridgehead atoms. The molecular weight excluding hydrogens is 346 g/mol. The first-order valence-electron chi connectivity index (χ1n) is 8.75. The van der Waals surface area contributed by atoms with E-state index in [0.29, 0.717) is 12.3 Å². The standard InChI is InChI=1S/C21H23NO5/c1-25-17-11-7-6-10-16(17)22-13-12-14-8-4-5-9-15(14)19(22)18(20(23)26-2)21(24)27-3/h4-11,18-19H,12-13H2,1-3H3. The summed E-state index contributed by atoms with van der Waals surface area (Å²) in [6, 6.07) is 14.8. The fourth-order valence-corrected chi connectivity index (χ4v) is 3.70. The van der Waals surface area contributed by atoms with Gasteiger partial charge in [-0.2, -0.15) is 0 Å². The van der Waals surface area contributed by atoms with Gasteiger partial charge in [-0.15, -0.1) is 0 Å². The zero-order valence-corrected chi connectivity index (χ0v) is 15.7. The number of anilines is 1. The predicted octanol–water partition coefficient (Wildman–Crippen LogP) is 2.76. The van der Waals surface area contributed by atoms with Crippen LogP contribution in [0.25, 0.3) is 0 Å². The van der Waals surface area contributed by atoms with Crippen molar-refractivity contribution in [3.05, 3.63) is 59.7 Å². The van der Waals surface area contributed by atoms with Crippen LogP contribution in [0.4, 0.5) is 5.69 Å². The minimum absolute atomic E-state index is 0.550. The molecule has 6 nitrogen and oxygen atoms in total. The topological polar surface area (TPSA) is 65.1 Å².